The highest BCUT2D eigenvalue weighted by molar-refractivity contribution is 7.27. The van der Waals surface area contributed by atoms with Crippen molar-refractivity contribution >= 4 is 20.5 Å². The van der Waals surface area contributed by atoms with E-state index in [0.717, 1.165) is 17.6 Å². The van der Waals surface area contributed by atoms with Gasteiger partial charge in [0.2, 0.25) is 0 Å². The van der Waals surface area contributed by atoms with Gasteiger partial charge in [-0.25, -0.2) is 19.3 Å². The molecular weight excluding hydrogens is 425 g/mol. The smallest absolute Gasteiger partial charge is 0.330 e. The summed E-state index contributed by atoms with van der Waals surface area (Å²) in [5.74, 6) is -2.27. The van der Waals surface area contributed by atoms with Gasteiger partial charge in [-0.3, -0.25) is 4.79 Å². The summed E-state index contributed by atoms with van der Waals surface area (Å²) in [6.07, 6.45) is -0.761. The third kappa shape index (κ3) is 3.41. The van der Waals surface area contributed by atoms with Gasteiger partial charge in [0.15, 0.2) is 11.5 Å². The first-order chi connectivity index (χ1) is 14.2. The van der Waals surface area contributed by atoms with Crippen LogP contribution in [0.5, 0.6) is 0 Å². The Labute approximate surface area is 169 Å². The van der Waals surface area contributed by atoms with Crippen LogP contribution in [0.4, 0.5) is 17.6 Å². The van der Waals surface area contributed by atoms with Gasteiger partial charge >= 0.3 is 6.18 Å². The van der Waals surface area contributed by atoms with Crippen molar-refractivity contribution in [3.8, 4) is 5.95 Å². The molecule has 0 aromatic carbocycles. The lowest BCUT2D eigenvalue weighted by atomic mass is 10.0. The number of aromatic nitrogens is 6. The van der Waals surface area contributed by atoms with Gasteiger partial charge in [0.25, 0.3) is 11.9 Å². The van der Waals surface area contributed by atoms with Gasteiger partial charge in [-0.15, -0.1) is 14.3 Å². The molecule has 1 aliphatic rings. The molecule has 1 amide bonds. The lowest BCUT2D eigenvalue weighted by Gasteiger charge is -2.32. The van der Waals surface area contributed by atoms with Gasteiger partial charge in [0, 0.05) is 36.9 Å². The summed E-state index contributed by atoms with van der Waals surface area (Å²) < 4.78 is 54.6. The molecule has 2 unspecified atom stereocenters. The van der Waals surface area contributed by atoms with Crippen molar-refractivity contribution in [1.82, 2.24) is 34.8 Å². The Hall–Kier alpha value is -3.01. The molecule has 4 rings (SSSR count). The number of halogens is 4. The number of nitrogens with zero attached hydrogens (tertiary/aromatic N) is 7. The molecule has 156 valence electrons. The molecule has 0 radical (unpaired) electrons. The predicted molar refractivity (Wildman–Crippen MR) is 98.6 cm³/mol. The van der Waals surface area contributed by atoms with E-state index in [1.165, 1.54) is 9.58 Å². The number of hydrogen-bond acceptors (Lipinski definition) is 6. The lowest BCUT2D eigenvalue weighted by molar-refractivity contribution is -0.143. The highest BCUT2D eigenvalue weighted by Gasteiger charge is 2.40. The second-order valence-electron chi connectivity index (χ2n) is 6.59. The highest BCUT2D eigenvalue weighted by atomic mass is 31.0. The molecule has 0 saturated heterocycles. The quantitative estimate of drug-likeness (QED) is 0.448. The Morgan fingerprint density at radius 3 is 2.60 bits per heavy atom. The monoisotopic (exact) mass is 439 g/mol. The van der Waals surface area contributed by atoms with E-state index in [9.17, 15) is 22.4 Å². The molecule has 13 heteroatoms. The molecule has 8 nitrogen and oxygen atoms in total. The molecule has 0 saturated carbocycles. The number of hydrogen-bond donors (Lipinski definition) is 0. The minimum atomic E-state index is -5.00. The number of rotatable bonds is 2. The van der Waals surface area contributed by atoms with Gasteiger partial charge in [-0.1, -0.05) is 5.21 Å². The molecule has 2 atom stereocenters. The lowest BCUT2D eigenvalue weighted by Crippen LogP contribution is -2.40. The summed E-state index contributed by atoms with van der Waals surface area (Å²) in [4.78, 5) is 25.5. The number of pyridine rings is 1. The molecule has 1 aliphatic heterocycles. The Morgan fingerprint density at radius 2 is 1.93 bits per heavy atom. The third-order valence-corrected chi connectivity index (χ3v) is 5.04. The molecule has 3 aromatic heterocycles. The first-order valence-electron chi connectivity index (χ1n) is 8.73. The number of fused-ring (bicyclic) bond motifs is 1. The fourth-order valence-corrected chi connectivity index (χ4v) is 3.43. The standard InChI is InChI=1S/C17H14F4N7OP/c1-8-13-11(28(26-25-13)16-23-6-9(30)7-24-16)3-5-27(8)15(29)10-2-4-22-14(12(10)18)17(19,20)21/h2,4,6-8H,3,5,30H2,1H3. The van der Waals surface area contributed by atoms with Crippen LogP contribution in [0, 0.1) is 5.82 Å². The number of carbonyl (C=O) groups excluding carboxylic acids is 1. The van der Waals surface area contributed by atoms with Crippen LogP contribution in [0.1, 0.15) is 40.4 Å². The van der Waals surface area contributed by atoms with E-state index in [-0.39, 0.29) is 6.54 Å². The molecule has 3 aromatic rings. The zero-order valence-corrected chi connectivity index (χ0v) is 16.6. The molecule has 0 spiro atoms. The predicted octanol–water partition coefficient (Wildman–Crippen LogP) is 1.87. The first kappa shape index (κ1) is 20.3. The van der Waals surface area contributed by atoms with Crippen molar-refractivity contribution in [3.05, 3.63) is 53.1 Å². The molecule has 0 bridgehead atoms. The first-order valence-corrected chi connectivity index (χ1v) is 9.31. The molecule has 0 fully saturated rings. The van der Waals surface area contributed by atoms with E-state index in [1.807, 2.05) is 0 Å². The van der Waals surface area contributed by atoms with Crippen molar-refractivity contribution in [2.24, 2.45) is 0 Å². The summed E-state index contributed by atoms with van der Waals surface area (Å²) in [6.45, 7) is 1.77. The Kier molecular flexibility index (Phi) is 4.97. The number of amides is 1. The van der Waals surface area contributed by atoms with Crippen molar-refractivity contribution in [2.75, 3.05) is 6.54 Å². The van der Waals surface area contributed by atoms with Crippen LogP contribution in [-0.2, 0) is 12.6 Å². The Morgan fingerprint density at radius 1 is 1.23 bits per heavy atom. The highest BCUT2D eigenvalue weighted by Crippen LogP contribution is 2.33. The third-order valence-electron chi connectivity index (χ3n) is 4.74. The minimum absolute atomic E-state index is 0.130. The molecule has 30 heavy (non-hydrogen) atoms. The number of alkyl halides is 3. The summed E-state index contributed by atoms with van der Waals surface area (Å²) in [5.41, 5.74) is -1.30. The zero-order valence-electron chi connectivity index (χ0n) is 15.4. The molecule has 4 heterocycles. The Balaban J connectivity index is 1.66. The van der Waals surface area contributed by atoms with E-state index >= 15 is 0 Å². The summed E-state index contributed by atoms with van der Waals surface area (Å²) >= 11 is 0. The van der Waals surface area contributed by atoms with Crippen LogP contribution in [0.25, 0.3) is 5.95 Å². The van der Waals surface area contributed by atoms with E-state index < -0.39 is 35.2 Å². The maximum Gasteiger partial charge on any atom is 0.436 e. The fourth-order valence-electron chi connectivity index (χ4n) is 3.28. The molecule has 0 N–H and O–H groups in total. The van der Waals surface area contributed by atoms with Crippen LogP contribution >= 0.6 is 9.24 Å². The summed E-state index contributed by atoms with van der Waals surface area (Å²) in [6, 6.07) is 0.294. The van der Waals surface area contributed by atoms with Crippen molar-refractivity contribution in [3.63, 3.8) is 0 Å². The maximum atomic E-state index is 14.4. The van der Waals surface area contributed by atoms with Crippen molar-refractivity contribution in [2.45, 2.75) is 25.6 Å². The normalized spacial score (nSPS) is 16.5. The van der Waals surface area contributed by atoms with E-state index in [0.29, 0.717) is 23.8 Å². The van der Waals surface area contributed by atoms with Crippen molar-refractivity contribution < 1.29 is 22.4 Å². The largest absolute Gasteiger partial charge is 0.436 e. The van der Waals surface area contributed by atoms with Crippen LogP contribution < -0.4 is 5.30 Å². The van der Waals surface area contributed by atoms with Gasteiger partial charge in [0.1, 0.15) is 5.69 Å². The van der Waals surface area contributed by atoms with Crippen LogP contribution in [0.15, 0.2) is 24.7 Å². The molecular formula is C17H14F4N7OP. The second kappa shape index (κ2) is 7.35. The SMILES string of the molecule is CC1c2nnn(-c3ncc(P)cn3)c2CCN1C(=O)c1ccnc(C(F)(F)F)c1F. The maximum absolute atomic E-state index is 14.4. The molecule has 0 aliphatic carbocycles. The number of carbonyl (C=O) groups is 1. The second-order valence-corrected chi connectivity index (χ2v) is 7.26. The van der Waals surface area contributed by atoms with Crippen LogP contribution in [0.2, 0.25) is 0 Å². The summed E-state index contributed by atoms with van der Waals surface area (Å²) in [7, 11) is 2.46. The van der Waals surface area contributed by atoms with E-state index in [4.69, 9.17) is 0 Å². The van der Waals surface area contributed by atoms with Crippen LogP contribution in [0.3, 0.4) is 0 Å². The van der Waals surface area contributed by atoms with Gasteiger partial charge in [-0.05, 0) is 13.0 Å². The summed E-state index contributed by atoms with van der Waals surface area (Å²) in [5, 5.41) is 8.92. The van der Waals surface area contributed by atoms with Crippen LogP contribution in [-0.4, -0.2) is 47.3 Å². The topological polar surface area (TPSA) is 89.7 Å². The van der Waals surface area contributed by atoms with Gasteiger partial charge < -0.3 is 4.90 Å². The Bertz CT molecular complexity index is 1120. The average Bonchev–Trinajstić information content (AvgIpc) is 3.13. The van der Waals surface area contributed by atoms with Gasteiger partial charge in [-0.2, -0.15) is 17.9 Å². The fraction of sp³-hybridized carbons (Fsp3) is 0.294. The minimum Gasteiger partial charge on any atom is -0.330 e. The van der Waals surface area contributed by atoms with Crippen molar-refractivity contribution in [1.29, 1.82) is 0 Å². The van der Waals surface area contributed by atoms with E-state index in [1.54, 1.807) is 19.3 Å². The van der Waals surface area contributed by atoms with Gasteiger partial charge in [0.05, 0.1) is 17.3 Å². The zero-order chi connectivity index (χ0) is 21.6. The average molecular weight is 439 g/mol. The van der Waals surface area contributed by atoms with E-state index in [2.05, 4.69) is 34.5 Å².